The zero-order valence-corrected chi connectivity index (χ0v) is 19.4. The fraction of sp³-hybridized carbons (Fsp3) is 0.391. The maximum atomic E-state index is 13.7. The van der Waals surface area contributed by atoms with E-state index >= 15 is 0 Å². The minimum absolute atomic E-state index is 0.140. The molecule has 0 radical (unpaired) electrons. The SMILES string of the molecule is CC12CC(c3cn4cc(NC(=O)c5cccc(C(F)F)n5)c(C(F)F)cc4n3)(CO1)C2.O=C(O)C(F)(F)F. The number of amides is 1. The molecule has 15 heteroatoms. The molecule has 0 spiro atoms. The summed E-state index contributed by atoms with van der Waals surface area (Å²) in [4.78, 5) is 29.5. The molecule has 0 atom stereocenters. The molecule has 6 rings (SSSR count). The normalized spacial score (nSPS) is 22.3. The van der Waals surface area contributed by atoms with Crippen molar-refractivity contribution in [2.75, 3.05) is 11.9 Å². The number of alkyl halides is 7. The summed E-state index contributed by atoms with van der Waals surface area (Å²) < 4.78 is 92.2. The molecule has 2 N–H and O–H groups in total. The van der Waals surface area contributed by atoms with E-state index in [1.807, 2.05) is 6.92 Å². The smallest absolute Gasteiger partial charge is 0.475 e. The highest BCUT2D eigenvalue weighted by atomic mass is 19.4. The van der Waals surface area contributed by atoms with E-state index < -0.39 is 42.2 Å². The number of ether oxygens (including phenoxy) is 1. The first kappa shape index (κ1) is 27.3. The number of aromatic nitrogens is 3. The molecule has 3 fully saturated rings. The van der Waals surface area contributed by atoms with Crippen LogP contribution in [0.4, 0.5) is 36.4 Å². The second-order valence-corrected chi connectivity index (χ2v) is 9.21. The van der Waals surface area contributed by atoms with Gasteiger partial charge in [0.05, 0.1) is 23.6 Å². The number of fused-ring (bicyclic) bond motifs is 2. The van der Waals surface area contributed by atoms with Crippen LogP contribution in [0.1, 0.15) is 60.1 Å². The molecule has 1 aliphatic carbocycles. The average Bonchev–Trinajstić information content (AvgIpc) is 3.49. The Morgan fingerprint density at radius 1 is 1.11 bits per heavy atom. The van der Waals surface area contributed by atoms with Gasteiger partial charge in [-0.15, -0.1) is 0 Å². The summed E-state index contributed by atoms with van der Waals surface area (Å²) in [7, 11) is 0. The summed E-state index contributed by atoms with van der Waals surface area (Å²) in [6.07, 6.45) is -6.06. The van der Waals surface area contributed by atoms with Crippen molar-refractivity contribution < 1.29 is 50.2 Å². The monoisotopic (exact) mass is 548 g/mol. The maximum absolute atomic E-state index is 13.7. The lowest BCUT2D eigenvalue weighted by molar-refractivity contribution is -0.192. The molecule has 0 aromatic carbocycles. The third-order valence-electron chi connectivity index (χ3n) is 6.24. The summed E-state index contributed by atoms with van der Waals surface area (Å²) >= 11 is 0. The maximum Gasteiger partial charge on any atom is 0.490 e. The van der Waals surface area contributed by atoms with E-state index in [-0.39, 0.29) is 22.4 Å². The van der Waals surface area contributed by atoms with Crippen LogP contribution >= 0.6 is 0 Å². The third kappa shape index (κ3) is 5.28. The zero-order chi connectivity index (χ0) is 28.0. The van der Waals surface area contributed by atoms with Gasteiger partial charge in [-0.1, -0.05) is 6.07 Å². The second-order valence-electron chi connectivity index (χ2n) is 9.21. The molecule has 38 heavy (non-hydrogen) atoms. The zero-order valence-electron chi connectivity index (χ0n) is 19.4. The predicted octanol–water partition coefficient (Wildman–Crippen LogP) is 5.31. The van der Waals surface area contributed by atoms with Crippen LogP contribution in [0.15, 0.2) is 36.7 Å². The molecule has 2 aliphatic heterocycles. The number of carboxylic acids is 1. The Bertz CT molecular complexity index is 1380. The van der Waals surface area contributed by atoms with Crippen LogP contribution in [-0.4, -0.2) is 49.7 Å². The number of halogens is 7. The van der Waals surface area contributed by atoms with Crippen LogP contribution in [0.25, 0.3) is 5.65 Å². The number of hydrogen-bond acceptors (Lipinski definition) is 5. The lowest BCUT2D eigenvalue weighted by Gasteiger charge is -2.41. The van der Waals surface area contributed by atoms with E-state index in [2.05, 4.69) is 15.3 Å². The highest BCUT2D eigenvalue weighted by Crippen LogP contribution is 2.58. The summed E-state index contributed by atoms with van der Waals surface area (Å²) in [6, 6.07) is 4.81. The van der Waals surface area contributed by atoms with E-state index in [0.717, 1.165) is 24.6 Å². The standard InChI is InChI=1S/C21H18F4N4O2.C2HF3O2/c1-20-8-21(9-20,10-31-20)15-7-29-6-14(11(17(22)23)5-16(29)28-15)27-19(30)13-4-2-3-12(26-13)18(24)25;3-2(4,5)1(6)7/h2-7,17-18H,8-10H2,1H3,(H,27,30);(H,6,7). The van der Waals surface area contributed by atoms with Gasteiger partial charge in [0.15, 0.2) is 0 Å². The number of hydrogen-bond donors (Lipinski definition) is 2. The van der Waals surface area contributed by atoms with E-state index in [1.165, 1.54) is 24.4 Å². The number of carbonyl (C=O) groups excluding carboxylic acids is 1. The Kier molecular flexibility index (Phi) is 6.84. The highest BCUT2D eigenvalue weighted by molar-refractivity contribution is 6.03. The van der Waals surface area contributed by atoms with Gasteiger partial charge in [-0.05, 0) is 38.0 Å². The Morgan fingerprint density at radius 2 is 1.76 bits per heavy atom. The number of carbonyl (C=O) groups is 2. The molecule has 3 aliphatic rings. The Hall–Kier alpha value is -3.75. The number of anilines is 1. The van der Waals surface area contributed by atoms with Crippen LogP contribution in [0.3, 0.4) is 0 Å². The largest absolute Gasteiger partial charge is 0.490 e. The summed E-state index contributed by atoms with van der Waals surface area (Å²) in [5, 5.41) is 9.50. The number of pyridine rings is 2. The molecule has 3 aromatic rings. The van der Waals surface area contributed by atoms with Crippen LogP contribution in [-0.2, 0) is 14.9 Å². The second kappa shape index (κ2) is 9.53. The van der Waals surface area contributed by atoms with Crippen LogP contribution in [0.5, 0.6) is 0 Å². The minimum atomic E-state index is -5.08. The van der Waals surface area contributed by atoms with Crippen molar-refractivity contribution in [1.82, 2.24) is 14.4 Å². The first-order chi connectivity index (χ1) is 17.6. The fourth-order valence-electron chi connectivity index (χ4n) is 4.63. The fourth-order valence-corrected chi connectivity index (χ4v) is 4.63. The Labute approximate surface area is 209 Å². The highest BCUT2D eigenvalue weighted by Gasteiger charge is 2.61. The first-order valence-corrected chi connectivity index (χ1v) is 10.9. The van der Waals surface area contributed by atoms with Crippen LogP contribution in [0, 0.1) is 0 Å². The van der Waals surface area contributed by atoms with Crippen molar-refractivity contribution in [3.63, 3.8) is 0 Å². The van der Waals surface area contributed by atoms with E-state index in [1.54, 1.807) is 10.6 Å². The lowest BCUT2D eigenvalue weighted by atomic mass is 9.62. The lowest BCUT2D eigenvalue weighted by Crippen LogP contribution is -2.45. The van der Waals surface area contributed by atoms with Crippen molar-refractivity contribution >= 4 is 23.2 Å². The average molecular weight is 548 g/mol. The molecule has 8 nitrogen and oxygen atoms in total. The van der Waals surface area contributed by atoms with Gasteiger partial charge < -0.3 is 19.6 Å². The molecule has 5 heterocycles. The topological polar surface area (TPSA) is 106 Å². The van der Waals surface area contributed by atoms with Gasteiger partial charge in [0, 0.05) is 23.4 Å². The van der Waals surface area contributed by atoms with Gasteiger partial charge in [0.1, 0.15) is 17.0 Å². The number of nitrogens with zero attached hydrogens (tertiary/aromatic N) is 3. The number of nitrogens with one attached hydrogen (secondary N) is 1. The van der Waals surface area contributed by atoms with Crippen molar-refractivity contribution in [2.45, 2.75) is 49.8 Å². The summed E-state index contributed by atoms with van der Waals surface area (Å²) in [5.41, 5.74) is -0.686. The molecule has 2 bridgehead atoms. The number of aliphatic carboxylic acids is 1. The number of rotatable bonds is 5. The van der Waals surface area contributed by atoms with Gasteiger partial charge in [-0.3, -0.25) is 4.79 Å². The van der Waals surface area contributed by atoms with E-state index in [4.69, 9.17) is 14.6 Å². The molecule has 2 saturated heterocycles. The van der Waals surface area contributed by atoms with E-state index in [0.29, 0.717) is 12.3 Å². The molecular formula is C23H19F7N4O4. The van der Waals surface area contributed by atoms with Crippen molar-refractivity contribution in [1.29, 1.82) is 0 Å². The molecule has 204 valence electrons. The van der Waals surface area contributed by atoms with Crippen molar-refractivity contribution in [3.05, 3.63) is 59.3 Å². The van der Waals surface area contributed by atoms with Gasteiger partial charge in [0.2, 0.25) is 0 Å². The minimum Gasteiger partial charge on any atom is -0.475 e. The van der Waals surface area contributed by atoms with Gasteiger partial charge >= 0.3 is 12.1 Å². The number of carboxylic acid groups (broad SMARTS) is 1. The number of imidazole rings is 1. The quantitative estimate of drug-likeness (QED) is 0.419. The third-order valence-corrected chi connectivity index (χ3v) is 6.24. The molecule has 3 aromatic heterocycles. The Balaban J connectivity index is 0.000000426. The van der Waals surface area contributed by atoms with Gasteiger partial charge in [-0.2, -0.15) is 13.2 Å². The van der Waals surface area contributed by atoms with Crippen LogP contribution in [0.2, 0.25) is 0 Å². The first-order valence-electron chi connectivity index (χ1n) is 10.9. The van der Waals surface area contributed by atoms with Crippen LogP contribution < -0.4 is 5.32 Å². The predicted molar refractivity (Wildman–Crippen MR) is 116 cm³/mol. The molecule has 1 saturated carbocycles. The molecular weight excluding hydrogens is 529 g/mol. The Morgan fingerprint density at radius 3 is 2.29 bits per heavy atom. The van der Waals surface area contributed by atoms with Crippen molar-refractivity contribution in [3.8, 4) is 0 Å². The summed E-state index contributed by atoms with van der Waals surface area (Å²) in [5.74, 6) is -3.62. The summed E-state index contributed by atoms with van der Waals surface area (Å²) in [6.45, 7) is 2.57. The van der Waals surface area contributed by atoms with Crippen molar-refractivity contribution in [2.24, 2.45) is 0 Å². The molecule has 0 unspecified atom stereocenters. The molecule has 1 amide bonds. The van der Waals surface area contributed by atoms with Gasteiger partial charge in [0.25, 0.3) is 18.8 Å². The van der Waals surface area contributed by atoms with Gasteiger partial charge in [-0.25, -0.2) is 32.3 Å². The van der Waals surface area contributed by atoms with E-state index in [9.17, 15) is 35.5 Å².